The molecule has 0 saturated carbocycles. The second-order valence-corrected chi connectivity index (χ2v) is 9.45. The van der Waals surface area contributed by atoms with E-state index in [2.05, 4.69) is 112 Å². The van der Waals surface area contributed by atoms with Gasteiger partial charge in [-0.3, -0.25) is 4.48 Å². The molecular formula is C24H40N+. The van der Waals surface area contributed by atoms with Crippen molar-refractivity contribution in [3.63, 3.8) is 0 Å². The minimum absolute atomic E-state index is 0.0179. The van der Waals surface area contributed by atoms with Crippen molar-refractivity contribution in [3.05, 3.63) is 60.4 Å². The highest BCUT2D eigenvalue weighted by molar-refractivity contribution is 5.34. The van der Waals surface area contributed by atoms with Crippen LogP contribution < -0.4 is 0 Å². The first-order chi connectivity index (χ1) is 11.3. The summed E-state index contributed by atoms with van der Waals surface area (Å²) in [6.07, 6.45) is 6.39. The van der Waals surface area contributed by atoms with Gasteiger partial charge in [-0.05, 0) is 69.7 Å². The zero-order chi connectivity index (χ0) is 19.7. The molecule has 1 aromatic rings. The zero-order valence-electron chi connectivity index (χ0n) is 18.3. The third-order valence-corrected chi connectivity index (χ3v) is 7.37. The van der Waals surface area contributed by atoms with Crippen molar-refractivity contribution >= 4 is 0 Å². The molecular weight excluding hydrogens is 302 g/mol. The lowest BCUT2D eigenvalue weighted by Gasteiger charge is -2.51. The van der Waals surface area contributed by atoms with Crippen LogP contribution in [0.25, 0.3) is 0 Å². The van der Waals surface area contributed by atoms with Crippen molar-refractivity contribution in [1.29, 1.82) is 0 Å². The lowest BCUT2D eigenvalue weighted by molar-refractivity contribution is -0.866. The number of hydrogen-bond acceptors (Lipinski definition) is 0. The Morgan fingerprint density at radius 3 is 1.72 bits per heavy atom. The zero-order valence-corrected chi connectivity index (χ0v) is 18.3. The van der Waals surface area contributed by atoms with Gasteiger partial charge in [0.15, 0.2) is 0 Å². The van der Waals surface area contributed by atoms with Crippen LogP contribution in [0.15, 0.2) is 49.3 Å². The number of hydrogen-bond donors (Lipinski definition) is 0. The Hall–Kier alpha value is -1.34. The fraction of sp³-hybridized carbons (Fsp3) is 0.583. The molecule has 140 valence electrons. The number of rotatable bonds is 7. The van der Waals surface area contributed by atoms with Gasteiger partial charge in [-0.15, -0.1) is 0 Å². The minimum Gasteiger partial charge on any atom is -0.269 e. The van der Waals surface area contributed by atoms with E-state index in [-0.39, 0.29) is 16.4 Å². The van der Waals surface area contributed by atoms with Gasteiger partial charge in [-0.1, -0.05) is 52.0 Å². The van der Waals surface area contributed by atoms with Crippen LogP contribution >= 0.6 is 0 Å². The Morgan fingerprint density at radius 2 is 1.36 bits per heavy atom. The van der Waals surface area contributed by atoms with Crippen LogP contribution in [0, 0.1) is 5.92 Å². The monoisotopic (exact) mass is 342 g/mol. The quantitative estimate of drug-likeness (QED) is 0.478. The molecule has 1 aromatic carbocycles. The van der Waals surface area contributed by atoms with E-state index in [1.54, 1.807) is 0 Å². The highest BCUT2D eigenvalue weighted by atomic mass is 15.4. The molecule has 1 rings (SSSR count). The van der Waals surface area contributed by atoms with Crippen LogP contribution in [0.4, 0.5) is 0 Å². The molecule has 1 nitrogen and oxygen atoms in total. The maximum absolute atomic E-state index is 4.11. The second-order valence-electron chi connectivity index (χ2n) is 9.45. The van der Waals surface area contributed by atoms with Crippen molar-refractivity contribution in [1.82, 2.24) is 0 Å². The average molecular weight is 343 g/mol. The van der Waals surface area contributed by atoms with Crippen LogP contribution in [0.3, 0.4) is 0 Å². The van der Waals surface area contributed by atoms with E-state index in [0.717, 1.165) is 0 Å². The summed E-state index contributed by atoms with van der Waals surface area (Å²) in [4.78, 5) is 0. The highest BCUT2D eigenvalue weighted by Crippen LogP contribution is 2.43. The number of likely N-dealkylation sites (N-methyl/N-ethyl adjacent to an activating group) is 1. The molecule has 0 bridgehead atoms. The topological polar surface area (TPSA) is 0 Å². The Bertz CT molecular complexity index is 614. The van der Waals surface area contributed by atoms with Gasteiger partial charge in [0, 0.05) is 5.41 Å². The molecule has 0 N–H and O–H groups in total. The van der Waals surface area contributed by atoms with Gasteiger partial charge in [0.2, 0.25) is 0 Å². The van der Waals surface area contributed by atoms with E-state index >= 15 is 0 Å². The third-order valence-electron chi connectivity index (χ3n) is 7.37. The largest absolute Gasteiger partial charge is 0.269 e. The normalized spacial score (nSPS) is 16.3. The van der Waals surface area contributed by atoms with Crippen molar-refractivity contribution < 1.29 is 4.48 Å². The maximum atomic E-state index is 4.11. The highest BCUT2D eigenvalue weighted by Gasteiger charge is 2.50. The molecule has 0 radical (unpaired) electrons. The molecule has 0 aromatic heterocycles. The van der Waals surface area contributed by atoms with Gasteiger partial charge in [0.05, 0.1) is 19.4 Å². The third kappa shape index (κ3) is 3.62. The number of benzene rings is 1. The summed E-state index contributed by atoms with van der Waals surface area (Å²) in [6.45, 7) is 24.8. The van der Waals surface area contributed by atoms with Crippen LogP contribution in [-0.4, -0.2) is 17.1 Å². The molecule has 0 heterocycles. The van der Waals surface area contributed by atoms with E-state index in [9.17, 15) is 0 Å². The fourth-order valence-electron chi connectivity index (χ4n) is 3.39. The molecule has 0 saturated heterocycles. The number of nitrogens with zero attached hydrogens (tertiary/aromatic N) is 1. The summed E-state index contributed by atoms with van der Waals surface area (Å²) < 4.78 is 0.690. The van der Waals surface area contributed by atoms with E-state index in [1.807, 2.05) is 6.20 Å². The Balaban J connectivity index is 3.37. The van der Waals surface area contributed by atoms with Gasteiger partial charge in [0.25, 0.3) is 0 Å². The van der Waals surface area contributed by atoms with Crippen LogP contribution in [0.1, 0.15) is 73.4 Å². The molecule has 0 fully saturated rings. The van der Waals surface area contributed by atoms with Crippen molar-refractivity contribution in [2.75, 3.05) is 7.05 Å². The summed E-state index contributed by atoms with van der Waals surface area (Å²) >= 11 is 0. The fourth-order valence-corrected chi connectivity index (χ4v) is 3.39. The summed E-state index contributed by atoms with van der Waals surface area (Å²) in [6, 6.07) is 9.29. The van der Waals surface area contributed by atoms with Crippen LogP contribution in [0.5, 0.6) is 0 Å². The van der Waals surface area contributed by atoms with Gasteiger partial charge < -0.3 is 0 Å². The predicted octanol–water partition coefficient (Wildman–Crippen LogP) is 6.80. The lowest BCUT2D eigenvalue weighted by Crippen LogP contribution is -2.61. The summed E-state index contributed by atoms with van der Waals surface area (Å²) in [7, 11) is 2.23. The van der Waals surface area contributed by atoms with Gasteiger partial charge in [-0.25, -0.2) is 0 Å². The average Bonchev–Trinajstić information content (AvgIpc) is 2.54. The standard InChI is InChI=1S/C24H40N/c1-12-18-25(11,13-2)24(9,10)23(7,8)21-16-14-20(15-17-21)22(5,6)19(3)4/h12-19H,2H2,1,3-11H3/q+1/b18-12-. The molecule has 1 heteroatoms. The van der Waals surface area contributed by atoms with Crippen molar-refractivity contribution in [2.45, 2.75) is 78.7 Å². The molecule has 0 amide bonds. The van der Waals surface area contributed by atoms with Gasteiger partial charge in [0.1, 0.15) is 5.54 Å². The second kappa shape index (κ2) is 7.11. The van der Waals surface area contributed by atoms with E-state index in [0.29, 0.717) is 10.4 Å². The first-order valence-electron chi connectivity index (χ1n) is 9.52. The van der Waals surface area contributed by atoms with E-state index in [4.69, 9.17) is 0 Å². The van der Waals surface area contributed by atoms with Crippen molar-refractivity contribution in [2.24, 2.45) is 5.92 Å². The first kappa shape index (κ1) is 21.7. The molecule has 0 aliphatic heterocycles. The Morgan fingerprint density at radius 1 is 0.920 bits per heavy atom. The molecule has 0 aliphatic carbocycles. The van der Waals surface area contributed by atoms with Crippen LogP contribution in [0.2, 0.25) is 0 Å². The minimum atomic E-state index is -0.0453. The van der Waals surface area contributed by atoms with E-state index in [1.165, 1.54) is 11.1 Å². The van der Waals surface area contributed by atoms with Gasteiger partial charge >= 0.3 is 0 Å². The molecule has 25 heavy (non-hydrogen) atoms. The van der Waals surface area contributed by atoms with Crippen molar-refractivity contribution in [3.8, 4) is 0 Å². The molecule has 1 unspecified atom stereocenters. The summed E-state index contributed by atoms with van der Waals surface area (Å²) in [5.41, 5.74) is 2.91. The van der Waals surface area contributed by atoms with Crippen LogP contribution in [-0.2, 0) is 10.8 Å². The molecule has 1 atom stereocenters. The summed E-state index contributed by atoms with van der Waals surface area (Å²) in [5.74, 6) is 0.609. The summed E-state index contributed by atoms with van der Waals surface area (Å²) in [5, 5.41) is 0. The van der Waals surface area contributed by atoms with E-state index < -0.39 is 0 Å². The Labute approximate surface area is 157 Å². The maximum Gasteiger partial charge on any atom is 0.111 e. The Kier molecular flexibility index (Phi) is 6.17. The lowest BCUT2D eigenvalue weighted by atomic mass is 9.67. The SMILES string of the molecule is C=C[N+](C)(/C=C\C)C(C)(C)C(C)(C)c1ccc(C(C)(C)C(C)C)cc1. The molecule has 0 spiro atoms. The smallest absolute Gasteiger partial charge is 0.111 e. The number of allylic oxidation sites excluding steroid dienone is 1. The molecule has 0 aliphatic rings. The van der Waals surface area contributed by atoms with Gasteiger partial charge in [-0.2, -0.15) is 0 Å². The first-order valence-corrected chi connectivity index (χ1v) is 9.52. The number of quaternary nitrogens is 1. The predicted molar refractivity (Wildman–Crippen MR) is 113 cm³/mol.